The first-order valence-corrected chi connectivity index (χ1v) is 3.96. The van der Waals surface area contributed by atoms with E-state index in [1.807, 2.05) is 18.4 Å². The normalized spacial score (nSPS) is 13.7. The predicted octanol–water partition coefficient (Wildman–Crippen LogP) is 2.42. The van der Waals surface area contributed by atoms with E-state index in [4.69, 9.17) is 17.3 Å². The molecule has 0 radical (unpaired) electrons. The molecule has 0 aliphatic heterocycles. The molecule has 1 unspecified atom stereocenters. The van der Waals surface area contributed by atoms with Gasteiger partial charge in [0.1, 0.15) is 0 Å². The fraction of sp³-hybridized carbons (Fsp3) is 0.333. The van der Waals surface area contributed by atoms with E-state index in [0.717, 1.165) is 9.90 Å². The highest BCUT2D eigenvalue weighted by atomic mass is 35.5. The van der Waals surface area contributed by atoms with Gasteiger partial charge < -0.3 is 5.73 Å². The van der Waals surface area contributed by atoms with Crippen molar-refractivity contribution in [1.29, 1.82) is 0 Å². The Morgan fingerprint density at radius 3 is 2.67 bits per heavy atom. The Hall–Kier alpha value is -0.0500. The van der Waals surface area contributed by atoms with Crippen LogP contribution in [-0.2, 0) is 0 Å². The van der Waals surface area contributed by atoms with E-state index in [1.165, 1.54) is 0 Å². The quantitative estimate of drug-likeness (QED) is 0.673. The molecule has 0 saturated heterocycles. The van der Waals surface area contributed by atoms with Gasteiger partial charge in [0, 0.05) is 10.9 Å². The molecule has 0 aromatic carbocycles. The van der Waals surface area contributed by atoms with Crippen molar-refractivity contribution in [2.24, 2.45) is 5.73 Å². The van der Waals surface area contributed by atoms with Gasteiger partial charge in [-0.05, 0) is 18.4 Å². The number of halogens is 1. The zero-order chi connectivity index (χ0) is 6.85. The van der Waals surface area contributed by atoms with Crippen molar-refractivity contribution in [2.45, 2.75) is 13.0 Å². The third-order valence-corrected chi connectivity index (χ3v) is 2.62. The second-order valence-corrected chi connectivity index (χ2v) is 3.28. The molecule has 9 heavy (non-hydrogen) atoms. The summed E-state index contributed by atoms with van der Waals surface area (Å²) >= 11 is 7.37. The maximum Gasteiger partial charge on any atom is 0.0560 e. The molecule has 1 aromatic rings. The molecule has 3 heteroatoms. The minimum atomic E-state index is 0.0671. The molecule has 1 nitrogen and oxygen atoms in total. The molecule has 0 saturated carbocycles. The number of hydrogen-bond acceptors (Lipinski definition) is 2. The molecule has 1 aromatic heterocycles. The second-order valence-electron chi connectivity index (χ2n) is 1.92. The molecule has 0 amide bonds. The van der Waals surface area contributed by atoms with Crippen LogP contribution in [0.25, 0.3) is 0 Å². The Labute approximate surface area is 63.4 Å². The highest BCUT2D eigenvalue weighted by Crippen LogP contribution is 2.26. The lowest BCUT2D eigenvalue weighted by atomic mass is 10.3. The summed E-state index contributed by atoms with van der Waals surface area (Å²) in [5.41, 5.74) is 5.58. The van der Waals surface area contributed by atoms with Crippen LogP contribution in [0, 0.1) is 0 Å². The van der Waals surface area contributed by atoms with Gasteiger partial charge in [0.05, 0.1) is 5.02 Å². The van der Waals surface area contributed by atoms with Gasteiger partial charge in [0.15, 0.2) is 0 Å². The fourth-order valence-electron chi connectivity index (χ4n) is 0.630. The van der Waals surface area contributed by atoms with Crippen LogP contribution < -0.4 is 5.73 Å². The number of thiophene rings is 1. The summed E-state index contributed by atoms with van der Waals surface area (Å²) in [5.74, 6) is 0. The lowest BCUT2D eigenvalue weighted by Gasteiger charge is -1.99. The Bertz CT molecular complexity index is 195. The van der Waals surface area contributed by atoms with Crippen LogP contribution >= 0.6 is 22.9 Å². The fourth-order valence-corrected chi connectivity index (χ4v) is 1.82. The van der Waals surface area contributed by atoms with Crippen LogP contribution in [0.15, 0.2) is 11.4 Å². The van der Waals surface area contributed by atoms with Crippen LogP contribution in [0.1, 0.15) is 17.8 Å². The van der Waals surface area contributed by atoms with Gasteiger partial charge in [0.2, 0.25) is 0 Å². The Kier molecular flexibility index (Phi) is 2.11. The highest BCUT2D eigenvalue weighted by molar-refractivity contribution is 7.10. The van der Waals surface area contributed by atoms with Gasteiger partial charge in [-0.2, -0.15) is 0 Å². The second kappa shape index (κ2) is 2.69. The van der Waals surface area contributed by atoms with Crippen LogP contribution in [0.2, 0.25) is 5.02 Å². The van der Waals surface area contributed by atoms with Crippen LogP contribution in [0.4, 0.5) is 0 Å². The first kappa shape index (κ1) is 7.06. The molecule has 0 spiro atoms. The van der Waals surface area contributed by atoms with E-state index in [9.17, 15) is 0 Å². The molecule has 0 aliphatic carbocycles. The van der Waals surface area contributed by atoms with E-state index in [0.29, 0.717) is 0 Å². The minimum absolute atomic E-state index is 0.0671. The molecule has 0 bridgehead atoms. The number of nitrogens with two attached hydrogens (primary N) is 1. The van der Waals surface area contributed by atoms with E-state index in [1.54, 1.807) is 11.3 Å². The van der Waals surface area contributed by atoms with Crippen molar-refractivity contribution < 1.29 is 0 Å². The smallest absolute Gasteiger partial charge is 0.0560 e. The van der Waals surface area contributed by atoms with Crippen LogP contribution in [0.5, 0.6) is 0 Å². The summed E-state index contributed by atoms with van der Waals surface area (Å²) in [6.45, 7) is 1.93. The molecule has 1 rings (SSSR count). The van der Waals surface area contributed by atoms with Gasteiger partial charge in [0.25, 0.3) is 0 Å². The van der Waals surface area contributed by atoms with Crippen LogP contribution in [0.3, 0.4) is 0 Å². The minimum Gasteiger partial charge on any atom is -0.323 e. The first-order valence-electron chi connectivity index (χ1n) is 2.70. The van der Waals surface area contributed by atoms with Gasteiger partial charge >= 0.3 is 0 Å². The van der Waals surface area contributed by atoms with E-state index < -0.39 is 0 Å². The van der Waals surface area contributed by atoms with Crippen LogP contribution in [-0.4, -0.2) is 0 Å². The van der Waals surface area contributed by atoms with Gasteiger partial charge in [-0.3, -0.25) is 0 Å². The number of rotatable bonds is 1. The summed E-state index contributed by atoms with van der Waals surface area (Å²) in [4.78, 5) is 1.07. The molecule has 1 atom stereocenters. The summed E-state index contributed by atoms with van der Waals surface area (Å²) in [5, 5.41) is 2.73. The van der Waals surface area contributed by atoms with Gasteiger partial charge in [-0.15, -0.1) is 11.3 Å². The topological polar surface area (TPSA) is 26.0 Å². The van der Waals surface area contributed by atoms with Crippen molar-refractivity contribution in [1.82, 2.24) is 0 Å². The average Bonchev–Trinajstić information content (AvgIpc) is 2.13. The third kappa shape index (κ3) is 1.45. The SMILES string of the molecule is CC(N)c1sccc1Cl. The Morgan fingerprint density at radius 1 is 1.78 bits per heavy atom. The maximum atomic E-state index is 5.77. The zero-order valence-electron chi connectivity index (χ0n) is 5.10. The Balaban J connectivity index is 2.94. The van der Waals surface area contributed by atoms with Crippen molar-refractivity contribution in [3.05, 3.63) is 21.3 Å². The predicted molar refractivity (Wildman–Crippen MR) is 41.9 cm³/mol. The van der Waals surface area contributed by atoms with Crippen molar-refractivity contribution in [3.63, 3.8) is 0 Å². The van der Waals surface area contributed by atoms with Gasteiger partial charge in [-0.1, -0.05) is 11.6 Å². The van der Waals surface area contributed by atoms with E-state index >= 15 is 0 Å². The molecular formula is C6H8ClNS. The summed E-state index contributed by atoms with van der Waals surface area (Å²) in [7, 11) is 0. The lowest BCUT2D eigenvalue weighted by molar-refractivity contribution is 0.839. The molecule has 0 fully saturated rings. The lowest BCUT2D eigenvalue weighted by Crippen LogP contribution is -2.02. The molecule has 2 N–H and O–H groups in total. The van der Waals surface area contributed by atoms with Crippen molar-refractivity contribution in [3.8, 4) is 0 Å². The standard InChI is InChI=1S/C6H8ClNS/c1-4(8)6-5(7)2-3-9-6/h2-4H,8H2,1H3. The van der Waals surface area contributed by atoms with Crippen molar-refractivity contribution >= 4 is 22.9 Å². The molecule has 50 valence electrons. The largest absolute Gasteiger partial charge is 0.323 e. The molecule has 1 heterocycles. The van der Waals surface area contributed by atoms with Crippen molar-refractivity contribution in [2.75, 3.05) is 0 Å². The first-order chi connectivity index (χ1) is 4.22. The zero-order valence-corrected chi connectivity index (χ0v) is 6.67. The average molecular weight is 162 g/mol. The van der Waals surface area contributed by atoms with E-state index in [2.05, 4.69) is 0 Å². The monoisotopic (exact) mass is 161 g/mol. The third-order valence-electron chi connectivity index (χ3n) is 1.06. The summed E-state index contributed by atoms with van der Waals surface area (Å²) < 4.78 is 0. The molecule has 0 aliphatic rings. The van der Waals surface area contributed by atoms with Gasteiger partial charge in [-0.25, -0.2) is 0 Å². The van der Waals surface area contributed by atoms with E-state index in [-0.39, 0.29) is 6.04 Å². The highest BCUT2D eigenvalue weighted by Gasteiger charge is 2.04. The summed E-state index contributed by atoms with van der Waals surface area (Å²) in [6.07, 6.45) is 0. The molecular weight excluding hydrogens is 154 g/mol. The maximum absolute atomic E-state index is 5.77. The summed E-state index contributed by atoms with van der Waals surface area (Å²) in [6, 6.07) is 1.93. The number of hydrogen-bond donors (Lipinski definition) is 1. The Morgan fingerprint density at radius 2 is 2.44 bits per heavy atom.